The van der Waals surface area contributed by atoms with Gasteiger partial charge >= 0.3 is 5.97 Å². The zero-order valence-electron chi connectivity index (χ0n) is 42.7. The van der Waals surface area contributed by atoms with Gasteiger partial charge in [-0.3, -0.25) is 9.59 Å². The predicted octanol–water partition coefficient (Wildman–Crippen LogP) is 15.1. The van der Waals surface area contributed by atoms with E-state index in [0.29, 0.717) is 31.6 Å². The fraction of sp³-hybridized carbons (Fsp3) is 0.906. The van der Waals surface area contributed by atoms with E-state index in [4.69, 9.17) is 14.6 Å². The van der Waals surface area contributed by atoms with Crippen LogP contribution in [0.25, 0.3) is 0 Å². The number of unbranched alkanes of at least 4 members (excludes halogenated alkanes) is 29. The number of hydrogen-bond donors (Lipinski definition) is 3. The minimum absolute atomic E-state index is 0.00802. The van der Waals surface area contributed by atoms with E-state index < -0.39 is 17.6 Å². The van der Waals surface area contributed by atoms with Crippen LogP contribution in [0.5, 0.6) is 0 Å². The van der Waals surface area contributed by atoms with Gasteiger partial charge in [-0.15, -0.1) is 0 Å². The Kier molecular flexibility index (Phi) is 58.4. The molecular formula is C53H108N2O6. The molecule has 0 spiro atoms. The molecule has 0 aliphatic heterocycles. The van der Waals surface area contributed by atoms with E-state index in [1.54, 1.807) is 27.9 Å². The van der Waals surface area contributed by atoms with Gasteiger partial charge in [0.1, 0.15) is 6.04 Å². The lowest BCUT2D eigenvalue weighted by Crippen LogP contribution is -2.49. The molecule has 8 heteroatoms. The summed E-state index contributed by atoms with van der Waals surface area (Å²) in [5.41, 5.74) is -0.208. The van der Waals surface area contributed by atoms with Crippen LogP contribution in [-0.2, 0) is 23.9 Å². The monoisotopic (exact) mass is 869 g/mol. The minimum Gasteiger partial charge on any atom is -0.464 e. The second-order valence-corrected chi connectivity index (χ2v) is 17.3. The lowest BCUT2D eigenvalue weighted by atomic mass is 10.0. The summed E-state index contributed by atoms with van der Waals surface area (Å²) in [6, 6.07) is -0.881. The predicted molar refractivity (Wildman–Crippen MR) is 265 cm³/mol. The van der Waals surface area contributed by atoms with Crippen molar-refractivity contribution in [3.05, 3.63) is 12.2 Å². The molecule has 61 heavy (non-hydrogen) atoms. The topological polar surface area (TPSA) is 114 Å². The van der Waals surface area contributed by atoms with Gasteiger partial charge in [0.05, 0.1) is 12.2 Å². The first-order chi connectivity index (χ1) is 29.5. The maximum atomic E-state index is 12.8. The number of hydrogen-bond acceptors (Lipinski definition) is 6. The summed E-state index contributed by atoms with van der Waals surface area (Å²) in [7, 11) is 1.63. The molecule has 8 nitrogen and oxygen atoms in total. The lowest BCUT2D eigenvalue weighted by molar-refractivity contribution is -0.148. The van der Waals surface area contributed by atoms with Gasteiger partial charge in [-0.05, 0) is 40.0 Å². The Morgan fingerprint density at radius 2 is 0.885 bits per heavy atom. The van der Waals surface area contributed by atoms with Crippen LogP contribution in [0.1, 0.15) is 274 Å². The Bertz CT molecular complexity index is 919. The van der Waals surface area contributed by atoms with Crippen LogP contribution >= 0.6 is 0 Å². The molecule has 366 valence electrons. The molecule has 0 aromatic carbocycles. The third-order valence-corrected chi connectivity index (χ3v) is 10.6. The fourth-order valence-electron chi connectivity index (χ4n) is 6.74. The maximum absolute atomic E-state index is 12.8. The van der Waals surface area contributed by atoms with Gasteiger partial charge in [0, 0.05) is 32.3 Å². The summed E-state index contributed by atoms with van der Waals surface area (Å²) in [6.45, 7) is 22.3. The molecule has 0 heterocycles. The van der Waals surface area contributed by atoms with Crippen LogP contribution in [0.2, 0.25) is 0 Å². The van der Waals surface area contributed by atoms with Crippen LogP contribution in [0, 0.1) is 0 Å². The Morgan fingerprint density at radius 1 is 0.557 bits per heavy atom. The normalized spacial score (nSPS) is 11.2. The Morgan fingerprint density at radius 3 is 1.18 bits per heavy atom. The highest BCUT2D eigenvalue weighted by molar-refractivity contribution is 5.93. The molecule has 0 fully saturated rings. The van der Waals surface area contributed by atoms with E-state index in [9.17, 15) is 14.4 Å². The molecule has 1 atom stereocenters. The molecule has 0 rings (SSSR count). The number of amides is 2. The van der Waals surface area contributed by atoms with E-state index in [1.807, 2.05) is 27.7 Å². The highest BCUT2D eigenvalue weighted by atomic mass is 16.5. The third kappa shape index (κ3) is 58.1. The number of rotatable bonds is 41. The van der Waals surface area contributed by atoms with Crippen molar-refractivity contribution < 1.29 is 29.0 Å². The van der Waals surface area contributed by atoms with E-state index in [1.165, 1.54) is 161 Å². The van der Waals surface area contributed by atoms with Gasteiger partial charge in [0.2, 0.25) is 11.8 Å². The number of aliphatic hydroxyl groups is 1. The molecule has 0 aliphatic rings. The molecule has 0 aromatic rings. The quantitative estimate of drug-likeness (QED) is 0.0320. The van der Waals surface area contributed by atoms with Crippen molar-refractivity contribution in [1.29, 1.82) is 0 Å². The summed E-state index contributed by atoms with van der Waals surface area (Å²) >= 11 is 0. The van der Waals surface area contributed by atoms with Crippen molar-refractivity contribution >= 4 is 17.8 Å². The van der Waals surface area contributed by atoms with Gasteiger partial charge in [0.25, 0.3) is 0 Å². The molecule has 0 radical (unpaired) electrons. The number of nitrogens with one attached hydrogen (secondary N) is 2. The van der Waals surface area contributed by atoms with Gasteiger partial charge in [-0.25, -0.2) is 4.79 Å². The Hall–Kier alpha value is -1.93. The average Bonchev–Trinajstić information content (AvgIpc) is 3.25. The molecule has 3 N–H and O–H groups in total. The summed E-state index contributed by atoms with van der Waals surface area (Å²) < 4.78 is 10.3. The number of carbonyl (C=O) groups is 3. The summed E-state index contributed by atoms with van der Waals surface area (Å²) in [6.07, 6.45) is 41.0. The average molecular weight is 869 g/mol. The molecule has 0 saturated carbocycles. The third-order valence-electron chi connectivity index (χ3n) is 10.6. The van der Waals surface area contributed by atoms with Crippen molar-refractivity contribution in [3.63, 3.8) is 0 Å². The van der Waals surface area contributed by atoms with Gasteiger partial charge < -0.3 is 25.2 Å². The zero-order valence-corrected chi connectivity index (χ0v) is 42.7. The summed E-state index contributed by atoms with van der Waals surface area (Å²) in [5, 5.41) is 14.6. The minimum atomic E-state index is -0.881. The highest BCUT2D eigenvalue weighted by Gasteiger charge is 2.23. The summed E-state index contributed by atoms with van der Waals surface area (Å²) in [4.78, 5) is 37.5. The van der Waals surface area contributed by atoms with Crippen molar-refractivity contribution in [2.45, 2.75) is 286 Å². The highest BCUT2D eigenvalue weighted by Crippen LogP contribution is 2.15. The fourth-order valence-corrected chi connectivity index (χ4v) is 6.74. The molecule has 0 bridgehead atoms. The van der Waals surface area contributed by atoms with Gasteiger partial charge in [-0.1, -0.05) is 234 Å². The lowest BCUT2D eigenvalue weighted by Gasteiger charge is -2.18. The van der Waals surface area contributed by atoms with Crippen LogP contribution < -0.4 is 10.6 Å². The number of methoxy groups -OCH3 is 1. The van der Waals surface area contributed by atoms with Crippen LogP contribution in [-0.4, -0.2) is 61.4 Å². The van der Waals surface area contributed by atoms with Crippen molar-refractivity contribution in [3.8, 4) is 0 Å². The number of carbonyl (C=O) groups excluding carboxylic acids is 3. The maximum Gasteiger partial charge on any atom is 0.330 e. The summed E-state index contributed by atoms with van der Waals surface area (Å²) in [5.74, 6) is -0.969. The SMILES string of the molecule is C=C(C)C(=O)NCC(NC(=O)CCCCCCCCCCCCCCCCC)C(=O)OCCCCCCCCCCCCCCCCCC.CC.CC.COCCC(C)(C)O. The van der Waals surface area contributed by atoms with Crippen LogP contribution in [0.3, 0.4) is 0 Å². The molecule has 1 unspecified atom stereocenters. The first-order valence-corrected chi connectivity index (χ1v) is 26.1. The Balaban J connectivity index is -0.00000119. The van der Waals surface area contributed by atoms with E-state index in [-0.39, 0.29) is 18.4 Å². The smallest absolute Gasteiger partial charge is 0.330 e. The molecule has 0 aliphatic carbocycles. The standard InChI is InChI=1S/C43H82N2O4.C6H14O2.2C2H6/c1-5-7-9-11-13-15-17-19-21-23-25-27-29-31-33-35-37-49-43(48)40(38-44-42(47)39(3)4)45-41(46)36-34-32-30-28-26-24-22-20-18-16-14-12-10-8-6-2;1-6(2,7)4-5-8-3;2*1-2/h40H,3,5-38H2,1-2,4H3,(H,44,47)(H,45,46);7H,4-5H2,1-3H3;2*1-2H3. The molecule has 0 aromatic heterocycles. The van der Waals surface area contributed by atoms with E-state index in [0.717, 1.165) is 38.5 Å². The van der Waals surface area contributed by atoms with Gasteiger partial charge in [-0.2, -0.15) is 0 Å². The van der Waals surface area contributed by atoms with Crippen molar-refractivity contribution in [1.82, 2.24) is 10.6 Å². The molecule has 0 saturated heterocycles. The second kappa shape index (κ2) is 54.2. The second-order valence-electron chi connectivity index (χ2n) is 17.3. The van der Waals surface area contributed by atoms with E-state index >= 15 is 0 Å². The molecular weight excluding hydrogens is 761 g/mol. The first kappa shape index (κ1) is 65.7. The number of esters is 1. The van der Waals surface area contributed by atoms with Gasteiger partial charge in [0.15, 0.2) is 0 Å². The first-order valence-electron chi connectivity index (χ1n) is 26.1. The van der Waals surface area contributed by atoms with Crippen molar-refractivity contribution in [2.24, 2.45) is 0 Å². The van der Waals surface area contributed by atoms with Crippen molar-refractivity contribution in [2.75, 3.05) is 26.9 Å². The zero-order chi connectivity index (χ0) is 46.7. The number of ether oxygens (including phenoxy) is 2. The molecule has 2 amide bonds. The van der Waals surface area contributed by atoms with Crippen LogP contribution in [0.15, 0.2) is 12.2 Å². The largest absolute Gasteiger partial charge is 0.464 e. The Labute approximate surface area is 381 Å². The van der Waals surface area contributed by atoms with E-state index in [2.05, 4.69) is 31.1 Å². The van der Waals surface area contributed by atoms with Crippen LogP contribution in [0.4, 0.5) is 0 Å².